The van der Waals surface area contributed by atoms with Gasteiger partial charge in [-0.2, -0.15) is 0 Å². The molecule has 0 unspecified atom stereocenters. The Morgan fingerprint density at radius 2 is 2.47 bits per heavy atom. The van der Waals surface area contributed by atoms with Crippen LogP contribution in [0, 0.1) is 0 Å². The van der Waals surface area contributed by atoms with Crippen LogP contribution in [0.3, 0.4) is 0 Å². The summed E-state index contributed by atoms with van der Waals surface area (Å²) in [5, 5.41) is 2.99. The molecule has 1 aromatic heterocycles. The van der Waals surface area contributed by atoms with Crippen molar-refractivity contribution in [3.05, 3.63) is 23.5 Å². The normalized spacial score (nSPS) is 9.73. The van der Waals surface area contributed by atoms with Crippen molar-refractivity contribution in [3.63, 3.8) is 0 Å². The molecular formula is C10H13ClN2O2. The summed E-state index contributed by atoms with van der Waals surface area (Å²) in [6.45, 7) is 2.81. The van der Waals surface area contributed by atoms with Crippen LogP contribution in [0.4, 0.5) is 0 Å². The second-order valence-corrected chi connectivity index (χ2v) is 3.20. The molecule has 0 aromatic carbocycles. The predicted octanol–water partition coefficient (Wildman–Crippen LogP) is 1.64. The lowest BCUT2D eigenvalue weighted by Gasteiger charge is -2.06. The molecule has 0 aliphatic carbocycles. The molecule has 0 spiro atoms. The van der Waals surface area contributed by atoms with Crippen molar-refractivity contribution in [3.8, 4) is 5.75 Å². The van der Waals surface area contributed by atoms with Gasteiger partial charge in [0, 0.05) is 12.7 Å². The third kappa shape index (κ3) is 4.16. The van der Waals surface area contributed by atoms with E-state index in [2.05, 4.69) is 10.3 Å². The first-order chi connectivity index (χ1) is 7.24. The highest BCUT2D eigenvalue weighted by Gasteiger charge is 2.03. The Kier molecular flexibility index (Phi) is 4.90. The van der Waals surface area contributed by atoms with Crippen LogP contribution in [-0.2, 0) is 4.79 Å². The van der Waals surface area contributed by atoms with Crippen LogP contribution < -0.4 is 10.1 Å². The first-order valence-electron chi connectivity index (χ1n) is 4.74. The second kappa shape index (κ2) is 6.24. The summed E-state index contributed by atoms with van der Waals surface area (Å²) in [6, 6.07) is 3.44. The number of aromatic nitrogens is 1. The third-order valence-corrected chi connectivity index (χ3v) is 1.97. The van der Waals surface area contributed by atoms with Crippen LogP contribution in [0.15, 0.2) is 18.3 Å². The number of nitrogens with one attached hydrogen (secondary N) is 1. The van der Waals surface area contributed by atoms with Gasteiger partial charge in [-0.1, -0.05) is 11.6 Å². The number of amides is 1. The van der Waals surface area contributed by atoms with Crippen LogP contribution in [0.25, 0.3) is 0 Å². The monoisotopic (exact) mass is 228 g/mol. The first-order valence-corrected chi connectivity index (χ1v) is 5.12. The summed E-state index contributed by atoms with van der Waals surface area (Å²) in [5.41, 5.74) is 0. The van der Waals surface area contributed by atoms with Gasteiger partial charge >= 0.3 is 0 Å². The zero-order valence-electron chi connectivity index (χ0n) is 8.50. The summed E-state index contributed by atoms with van der Waals surface area (Å²) < 4.78 is 5.30. The fraction of sp³-hybridized carbons (Fsp3) is 0.400. The smallest absolute Gasteiger partial charge is 0.223 e. The van der Waals surface area contributed by atoms with Crippen molar-refractivity contribution in [1.29, 1.82) is 0 Å². The summed E-state index contributed by atoms with van der Waals surface area (Å²) >= 11 is 5.76. The second-order valence-electron chi connectivity index (χ2n) is 2.84. The van der Waals surface area contributed by atoms with Crippen molar-refractivity contribution in [2.75, 3.05) is 13.2 Å². The molecule has 0 fully saturated rings. The minimum atomic E-state index is -0.0301. The van der Waals surface area contributed by atoms with Crippen molar-refractivity contribution >= 4 is 17.5 Å². The number of halogens is 1. The Morgan fingerprint density at radius 3 is 3.13 bits per heavy atom. The molecule has 0 aliphatic rings. The summed E-state index contributed by atoms with van der Waals surface area (Å²) in [7, 11) is 0. The molecule has 5 heteroatoms. The zero-order chi connectivity index (χ0) is 11.1. The van der Waals surface area contributed by atoms with E-state index in [4.69, 9.17) is 16.3 Å². The average molecular weight is 229 g/mol. The minimum absolute atomic E-state index is 0.0301. The van der Waals surface area contributed by atoms with E-state index in [1.807, 2.05) is 6.92 Å². The molecule has 1 heterocycles. The standard InChI is InChI=1S/C10H13ClN2O2/c1-2-12-9(14)5-7-15-8-4-3-6-13-10(8)11/h3-4,6H,2,5,7H2,1H3,(H,12,14). The van der Waals surface area contributed by atoms with Crippen LogP contribution in [0.1, 0.15) is 13.3 Å². The summed E-state index contributed by atoms with van der Waals surface area (Å²) in [6.07, 6.45) is 1.90. The Morgan fingerprint density at radius 1 is 1.67 bits per heavy atom. The van der Waals surface area contributed by atoms with E-state index in [1.165, 1.54) is 0 Å². The first kappa shape index (κ1) is 11.8. The van der Waals surface area contributed by atoms with Gasteiger partial charge in [0.2, 0.25) is 5.91 Å². The molecule has 1 N–H and O–H groups in total. The lowest BCUT2D eigenvalue weighted by Crippen LogP contribution is -2.24. The van der Waals surface area contributed by atoms with Crippen molar-refractivity contribution < 1.29 is 9.53 Å². The highest BCUT2D eigenvalue weighted by molar-refractivity contribution is 6.30. The maximum Gasteiger partial charge on any atom is 0.223 e. The zero-order valence-corrected chi connectivity index (χ0v) is 9.25. The molecule has 15 heavy (non-hydrogen) atoms. The number of nitrogens with zero attached hydrogens (tertiary/aromatic N) is 1. The van der Waals surface area contributed by atoms with Crippen molar-refractivity contribution in [1.82, 2.24) is 10.3 Å². The van der Waals surface area contributed by atoms with Crippen LogP contribution >= 0.6 is 11.6 Å². The number of carbonyl (C=O) groups is 1. The highest BCUT2D eigenvalue weighted by atomic mass is 35.5. The quantitative estimate of drug-likeness (QED) is 0.780. The van der Waals surface area contributed by atoms with E-state index >= 15 is 0 Å². The molecule has 82 valence electrons. The van der Waals surface area contributed by atoms with Gasteiger partial charge < -0.3 is 10.1 Å². The highest BCUT2D eigenvalue weighted by Crippen LogP contribution is 2.20. The largest absolute Gasteiger partial charge is 0.490 e. The van der Waals surface area contributed by atoms with Gasteiger partial charge in [0.1, 0.15) is 0 Å². The number of carbonyl (C=O) groups excluding carboxylic acids is 1. The summed E-state index contributed by atoms with van der Waals surface area (Å²) in [5.74, 6) is 0.473. The molecule has 0 atom stereocenters. The molecule has 0 saturated heterocycles. The van der Waals surface area contributed by atoms with Gasteiger partial charge in [0.25, 0.3) is 0 Å². The molecule has 4 nitrogen and oxygen atoms in total. The number of hydrogen-bond donors (Lipinski definition) is 1. The lowest BCUT2D eigenvalue weighted by atomic mass is 10.4. The Bertz CT molecular complexity index is 331. The van der Waals surface area contributed by atoms with Crippen LogP contribution in [0.2, 0.25) is 5.15 Å². The summed E-state index contributed by atoms with van der Waals surface area (Å²) in [4.78, 5) is 14.9. The van der Waals surface area contributed by atoms with Crippen molar-refractivity contribution in [2.45, 2.75) is 13.3 Å². The number of rotatable bonds is 5. The molecule has 1 rings (SSSR count). The van der Waals surface area contributed by atoms with Gasteiger partial charge in [-0.3, -0.25) is 4.79 Å². The molecular weight excluding hydrogens is 216 g/mol. The molecule has 0 saturated carbocycles. The molecule has 1 aromatic rings. The fourth-order valence-corrected chi connectivity index (χ4v) is 1.19. The predicted molar refractivity (Wildman–Crippen MR) is 58.0 cm³/mol. The maximum atomic E-state index is 11.1. The Labute approximate surface area is 93.6 Å². The van der Waals surface area contributed by atoms with Crippen molar-refractivity contribution in [2.24, 2.45) is 0 Å². The van der Waals surface area contributed by atoms with Crippen LogP contribution in [0.5, 0.6) is 5.75 Å². The van der Waals surface area contributed by atoms with E-state index in [0.29, 0.717) is 30.5 Å². The Hall–Kier alpha value is -1.29. The van der Waals surface area contributed by atoms with Gasteiger partial charge in [-0.15, -0.1) is 0 Å². The molecule has 0 aliphatic heterocycles. The number of pyridine rings is 1. The fourth-order valence-electron chi connectivity index (χ4n) is 1.02. The van der Waals surface area contributed by atoms with E-state index in [0.717, 1.165) is 0 Å². The average Bonchev–Trinajstić information content (AvgIpc) is 2.21. The van der Waals surface area contributed by atoms with Gasteiger partial charge in [0.15, 0.2) is 10.9 Å². The van der Waals surface area contributed by atoms with E-state index < -0.39 is 0 Å². The molecule has 0 radical (unpaired) electrons. The SMILES string of the molecule is CCNC(=O)CCOc1cccnc1Cl. The maximum absolute atomic E-state index is 11.1. The van der Waals surface area contributed by atoms with Crippen LogP contribution in [-0.4, -0.2) is 24.0 Å². The molecule has 0 bridgehead atoms. The van der Waals surface area contributed by atoms with Gasteiger partial charge in [-0.25, -0.2) is 4.98 Å². The van der Waals surface area contributed by atoms with E-state index in [1.54, 1.807) is 18.3 Å². The van der Waals surface area contributed by atoms with E-state index in [-0.39, 0.29) is 5.91 Å². The number of ether oxygens (including phenoxy) is 1. The minimum Gasteiger partial charge on any atom is -0.490 e. The topological polar surface area (TPSA) is 51.2 Å². The van der Waals surface area contributed by atoms with Gasteiger partial charge in [0.05, 0.1) is 13.0 Å². The third-order valence-electron chi connectivity index (χ3n) is 1.69. The Balaban J connectivity index is 2.32. The number of hydrogen-bond acceptors (Lipinski definition) is 3. The van der Waals surface area contributed by atoms with Gasteiger partial charge in [-0.05, 0) is 19.1 Å². The lowest BCUT2D eigenvalue weighted by molar-refractivity contribution is -0.121. The van der Waals surface area contributed by atoms with E-state index in [9.17, 15) is 4.79 Å². The molecule has 1 amide bonds.